The molecule has 132 valence electrons. The molecular weight excluding hydrogens is 326 g/mol. The first kappa shape index (κ1) is 17.5. The van der Waals surface area contributed by atoms with Crippen LogP contribution < -0.4 is 10.3 Å². The Labute approximate surface area is 153 Å². The minimum Gasteiger partial charge on any atom is -0.466 e. The van der Waals surface area contributed by atoms with E-state index in [-0.39, 0.29) is 5.91 Å². The second-order valence-electron chi connectivity index (χ2n) is 6.01. The molecule has 3 rings (SSSR count). The molecule has 0 radical (unpaired) electrons. The predicted octanol–water partition coefficient (Wildman–Crippen LogP) is 4.43. The maximum atomic E-state index is 12.1. The van der Waals surface area contributed by atoms with Gasteiger partial charge in [-0.1, -0.05) is 30.3 Å². The van der Waals surface area contributed by atoms with Crippen LogP contribution in [-0.2, 0) is 0 Å². The van der Waals surface area contributed by atoms with Gasteiger partial charge >= 0.3 is 0 Å². The number of benzene rings is 2. The minimum atomic E-state index is -0.281. The first-order valence-electron chi connectivity index (χ1n) is 8.34. The van der Waals surface area contributed by atoms with E-state index < -0.39 is 0 Å². The zero-order chi connectivity index (χ0) is 18.5. The molecule has 0 unspecified atom stereocenters. The predicted molar refractivity (Wildman–Crippen MR) is 104 cm³/mol. The number of carbonyl (C=O) groups excluding carboxylic acids is 1. The summed E-state index contributed by atoms with van der Waals surface area (Å²) in [7, 11) is 2.02. The van der Waals surface area contributed by atoms with Crippen LogP contribution in [-0.4, -0.2) is 19.2 Å². The molecule has 1 heterocycles. The van der Waals surface area contributed by atoms with Gasteiger partial charge in [-0.3, -0.25) is 4.79 Å². The molecule has 26 heavy (non-hydrogen) atoms. The van der Waals surface area contributed by atoms with Crippen LogP contribution in [0.15, 0.2) is 70.2 Å². The second kappa shape index (κ2) is 7.70. The minimum absolute atomic E-state index is 0.281. The third-order valence-electron chi connectivity index (χ3n) is 4.09. The lowest BCUT2D eigenvalue weighted by Crippen LogP contribution is -2.17. The number of amides is 1. The Bertz CT molecular complexity index is 912. The van der Waals surface area contributed by atoms with Crippen molar-refractivity contribution >= 4 is 23.5 Å². The molecule has 1 N–H and O–H groups in total. The highest BCUT2D eigenvalue weighted by molar-refractivity contribution is 5.95. The van der Waals surface area contributed by atoms with Gasteiger partial charge in [-0.25, -0.2) is 5.43 Å². The monoisotopic (exact) mass is 347 g/mol. The average molecular weight is 347 g/mol. The van der Waals surface area contributed by atoms with E-state index in [4.69, 9.17) is 4.42 Å². The van der Waals surface area contributed by atoms with Crippen molar-refractivity contribution in [3.05, 3.63) is 83.3 Å². The van der Waals surface area contributed by atoms with Crippen molar-refractivity contribution in [2.45, 2.75) is 13.8 Å². The Morgan fingerprint density at radius 2 is 1.69 bits per heavy atom. The summed E-state index contributed by atoms with van der Waals surface area (Å²) >= 11 is 0. The largest absolute Gasteiger partial charge is 0.466 e. The van der Waals surface area contributed by atoms with Gasteiger partial charge in [0.25, 0.3) is 5.91 Å². The second-order valence-corrected chi connectivity index (χ2v) is 6.01. The zero-order valence-electron chi connectivity index (χ0n) is 15.1. The third-order valence-corrected chi connectivity index (χ3v) is 4.09. The fraction of sp³-hybridized carbons (Fsp3) is 0.143. The van der Waals surface area contributed by atoms with Crippen molar-refractivity contribution in [3.63, 3.8) is 0 Å². The van der Waals surface area contributed by atoms with E-state index in [1.807, 2.05) is 49.5 Å². The number of carbonyl (C=O) groups is 1. The number of hydrogen-bond donors (Lipinski definition) is 1. The number of hydrazone groups is 1. The number of anilines is 2. The van der Waals surface area contributed by atoms with Crippen LogP contribution in [0.25, 0.3) is 0 Å². The molecule has 0 atom stereocenters. The molecule has 0 saturated heterocycles. The molecule has 0 aliphatic heterocycles. The Morgan fingerprint density at radius 1 is 1.04 bits per heavy atom. The Balaban J connectivity index is 1.63. The average Bonchev–Trinajstić information content (AvgIpc) is 3.00. The van der Waals surface area contributed by atoms with E-state index in [1.165, 1.54) is 0 Å². The van der Waals surface area contributed by atoms with E-state index in [9.17, 15) is 4.79 Å². The van der Waals surface area contributed by atoms with Gasteiger partial charge in [0.1, 0.15) is 11.5 Å². The van der Waals surface area contributed by atoms with Crippen molar-refractivity contribution in [1.29, 1.82) is 0 Å². The molecule has 0 aliphatic carbocycles. The van der Waals surface area contributed by atoms with E-state index in [2.05, 4.69) is 27.6 Å². The van der Waals surface area contributed by atoms with Crippen molar-refractivity contribution < 1.29 is 9.21 Å². The van der Waals surface area contributed by atoms with E-state index in [0.717, 1.165) is 16.9 Å². The summed E-state index contributed by atoms with van der Waals surface area (Å²) in [5, 5.41) is 4.02. The highest BCUT2D eigenvalue weighted by atomic mass is 16.3. The summed E-state index contributed by atoms with van der Waals surface area (Å²) in [6, 6.07) is 19.8. The number of nitrogens with one attached hydrogen (secondary N) is 1. The van der Waals surface area contributed by atoms with Gasteiger partial charge in [0.2, 0.25) is 0 Å². The first-order valence-corrected chi connectivity index (χ1v) is 8.34. The van der Waals surface area contributed by atoms with E-state index in [1.54, 1.807) is 26.1 Å². The maximum Gasteiger partial charge on any atom is 0.274 e. The molecule has 3 aromatic rings. The molecule has 0 aliphatic rings. The molecule has 0 saturated carbocycles. The van der Waals surface area contributed by atoms with Crippen LogP contribution >= 0.6 is 0 Å². The number of nitrogens with zero attached hydrogens (tertiary/aromatic N) is 2. The van der Waals surface area contributed by atoms with E-state index >= 15 is 0 Å². The topological polar surface area (TPSA) is 57.8 Å². The fourth-order valence-electron chi connectivity index (χ4n) is 2.67. The molecule has 0 bridgehead atoms. The van der Waals surface area contributed by atoms with Crippen molar-refractivity contribution in [2.75, 3.05) is 11.9 Å². The van der Waals surface area contributed by atoms with Gasteiger partial charge in [-0.2, -0.15) is 5.10 Å². The van der Waals surface area contributed by atoms with Crippen molar-refractivity contribution in [1.82, 2.24) is 5.43 Å². The summed E-state index contributed by atoms with van der Waals surface area (Å²) in [5.41, 5.74) is 6.11. The van der Waals surface area contributed by atoms with E-state index in [0.29, 0.717) is 17.1 Å². The molecule has 5 heteroatoms. The van der Waals surface area contributed by atoms with Gasteiger partial charge in [0, 0.05) is 18.4 Å². The molecule has 0 spiro atoms. The highest BCUT2D eigenvalue weighted by Crippen LogP contribution is 2.22. The van der Waals surface area contributed by atoms with Gasteiger partial charge in [-0.15, -0.1) is 0 Å². The zero-order valence-corrected chi connectivity index (χ0v) is 15.1. The molecular formula is C21H21N3O2. The molecule has 1 amide bonds. The summed E-state index contributed by atoms with van der Waals surface area (Å²) in [5.74, 6) is 1.01. The standard InChI is InChI=1S/C21H21N3O2/c1-15-13-20(16(2)26-15)21(25)23-22-14-17-9-11-19(12-10-17)24(3)18-7-5-4-6-8-18/h4-14H,1-3H3,(H,23,25). The van der Waals surface area contributed by atoms with Crippen LogP contribution in [0.5, 0.6) is 0 Å². The van der Waals surface area contributed by atoms with Crippen LogP contribution in [0, 0.1) is 13.8 Å². The highest BCUT2D eigenvalue weighted by Gasteiger charge is 2.12. The Morgan fingerprint density at radius 3 is 2.31 bits per heavy atom. The molecule has 1 aromatic heterocycles. The summed E-state index contributed by atoms with van der Waals surface area (Å²) in [6.07, 6.45) is 1.62. The van der Waals surface area contributed by atoms with Crippen molar-refractivity contribution in [2.24, 2.45) is 5.10 Å². The Hall–Kier alpha value is -3.34. The number of aryl methyl sites for hydroxylation is 2. The van der Waals surface area contributed by atoms with Gasteiger partial charge in [-0.05, 0) is 49.7 Å². The SMILES string of the molecule is Cc1cc(C(=O)NN=Cc2ccc(N(C)c3ccccc3)cc2)c(C)o1. The van der Waals surface area contributed by atoms with Gasteiger partial charge in [0.15, 0.2) is 0 Å². The normalized spacial score (nSPS) is 10.9. The van der Waals surface area contributed by atoms with Crippen LogP contribution in [0.3, 0.4) is 0 Å². The van der Waals surface area contributed by atoms with Crippen LogP contribution in [0.4, 0.5) is 11.4 Å². The number of hydrogen-bond acceptors (Lipinski definition) is 4. The van der Waals surface area contributed by atoms with Crippen LogP contribution in [0.1, 0.15) is 27.4 Å². The van der Waals surface area contributed by atoms with Crippen molar-refractivity contribution in [3.8, 4) is 0 Å². The number of para-hydroxylation sites is 1. The van der Waals surface area contributed by atoms with Gasteiger partial charge in [0.05, 0.1) is 11.8 Å². The van der Waals surface area contributed by atoms with Crippen LogP contribution in [0.2, 0.25) is 0 Å². The number of rotatable bonds is 5. The van der Waals surface area contributed by atoms with Gasteiger partial charge < -0.3 is 9.32 Å². The fourth-order valence-corrected chi connectivity index (χ4v) is 2.67. The Kier molecular flexibility index (Phi) is 5.17. The molecule has 2 aromatic carbocycles. The summed E-state index contributed by atoms with van der Waals surface area (Å²) in [6.45, 7) is 3.56. The summed E-state index contributed by atoms with van der Waals surface area (Å²) < 4.78 is 5.35. The quantitative estimate of drug-likeness (QED) is 0.549. The molecule has 5 nitrogen and oxygen atoms in total. The lowest BCUT2D eigenvalue weighted by Gasteiger charge is -2.19. The lowest BCUT2D eigenvalue weighted by molar-refractivity contribution is 0.0953. The lowest BCUT2D eigenvalue weighted by atomic mass is 10.2. The first-order chi connectivity index (χ1) is 12.5. The maximum absolute atomic E-state index is 12.1. The molecule has 0 fully saturated rings. The third kappa shape index (κ3) is 4.00. The number of furan rings is 1. The smallest absolute Gasteiger partial charge is 0.274 e. The summed E-state index contributed by atoms with van der Waals surface area (Å²) in [4.78, 5) is 14.2.